The summed E-state index contributed by atoms with van der Waals surface area (Å²) in [5.41, 5.74) is 1.11. The summed E-state index contributed by atoms with van der Waals surface area (Å²) in [6.07, 6.45) is 1.86. The average Bonchev–Trinajstić information content (AvgIpc) is 2.31. The topological polar surface area (TPSA) is 78.4 Å². The zero-order chi connectivity index (χ0) is 14.3. The molecule has 3 N–H and O–H groups in total. The molecular weight excluding hydrogens is 264 g/mol. The van der Waals surface area contributed by atoms with Crippen molar-refractivity contribution >= 4 is 29.4 Å². The number of rotatable bonds is 6. The number of hydrogen-bond donors (Lipinski definition) is 3. The molecule has 1 aromatic carbocycles. The van der Waals surface area contributed by atoms with E-state index in [0.29, 0.717) is 11.3 Å². The molecule has 0 aliphatic heterocycles. The molecule has 0 heterocycles. The van der Waals surface area contributed by atoms with E-state index in [-0.39, 0.29) is 18.5 Å². The molecule has 0 spiro atoms. The van der Waals surface area contributed by atoms with Gasteiger partial charge in [-0.15, -0.1) is 0 Å². The van der Waals surface area contributed by atoms with Crippen molar-refractivity contribution in [2.24, 2.45) is 0 Å². The van der Waals surface area contributed by atoms with Gasteiger partial charge in [0, 0.05) is 17.5 Å². The number of hydrogen-bond acceptors (Lipinski definition) is 3. The van der Waals surface area contributed by atoms with Crippen molar-refractivity contribution in [1.29, 1.82) is 0 Å². The monoisotopic (exact) mass is 282 g/mol. The van der Waals surface area contributed by atoms with E-state index in [1.54, 1.807) is 36.0 Å². The van der Waals surface area contributed by atoms with Gasteiger partial charge in [-0.2, -0.15) is 11.8 Å². The summed E-state index contributed by atoms with van der Waals surface area (Å²) in [5.74, 6) is -0.102. The molecule has 1 unspecified atom stereocenters. The third kappa shape index (κ3) is 5.65. The lowest BCUT2D eigenvalue weighted by Gasteiger charge is -2.15. The van der Waals surface area contributed by atoms with E-state index in [0.717, 1.165) is 5.75 Å². The van der Waals surface area contributed by atoms with Crippen molar-refractivity contribution in [1.82, 2.24) is 5.32 Å². The fraction of sp³-hybridized carbons (Fsp3) is 0.385. The number of urea groups is 1. The highest BCUT2D eigenvalue weighted by Gasteiger charge is 2.10. The van der Waals surface area contributed by atoms with Gasteiger partial charge in [0.2, 0.25) is 0 Å². The van der Waals surface area contributed by atoms with Crippen LogP contribution in [0.4, 0.5) is 10.5 Å². The van der Waals surface area contributed by atoms with Crippen molar-refractivity contribution in [2.45, 2.75) is 19.4 Å². The van der Waals surface area contributed by atoms with Crippen LogP contribution in [0.25, 0.3) is 0 Å². The summed E-state index contributed by atoms with van der Waals surface area (Å²) < 4.78 is 0. The number of carboxylic acids is 1. The third-order valence-electron chi connectivity index (χ3n) is 2.40. The smallest absolute Gasteiger partial charge is 0.319 e. The molecule has 0 aliphatic carbocycles. The van der Waals surface area contributed by atoms with Gasteiger partial charge in [0.1, 0.15) is 0 Å². The Morgan fingerprint density at radius 1 is 1.37 bits per heavy atom. The highest BCUT2D eigenvalue weighted by molar-refractivity contribution is 7.98. The summed E-state index contributed by atoms with van der Waals surface area (Å²) in [5, 5.41) is 14.3. The minimum absolute atomic E-state index is 0.0571. The van der Waals surface area contributed by atoms with Crippen LogP contribution in [0.5, 0.6) is 0 Å². The first-order valence-electron chi connectivity index (χ1n) is 5.89. The fourth-order valence-electron chi connectivity index (χ4n) is 1.63. The van der Waals surface area contributed by atoms with Crippen molar-refractivity contribution < 1.29 is 14.7 Å². The van der Waals surface area contributed by atoms with Gasteiger partial charge in [0.15, 0.2) is 0 Å². The van der Waals surface area contributed by atoms with Crippen molar-refractivity contribution in [3.8, 4) is 0 Å². The van der Waals surface area contributed by atoms with Gasteiger partial charge in [-0.1, -0.05) is 18.2 Å². The SMILES string of the molecule is CSCC(C)NC(=O)Nc1ccccc1CC(=O)O. The predicted octanol–water partition coefficient (Wildman–Crippen LogP) is 2.19. The molecule has 0 aromatic heterocycles. The van der Waals surface area contributed by atoms with E-state index < -0.39 is 5.97 Å². The molecule has 0 saturated heterocycles. The summed E-state index contributed by atoms with van der Waals surface area (Å²) in [7, 11) is 0. The molecule has 1 rings (SSSR count). The number of carbonyl (C=O) groups is 2. The van der Waals surface area contributed by atoms with Crippen LogP contribution in [0.1, 0.15) is 12.5 Å². The zero-order valence-electron chi connectivity index (χ0n) is 11.0. The predicted molar refractivity (Wildman–Crippen MR) is 77.8 cm³/mol. The van der Waals surface area contributed by atoms with E-state index in [1.165, 1.54) is 0 Å². The normalized spacial score (nSPS) is 11.7. The number of amides is 2. The number of para-hydroxylation sites is 1. The molecule has 19 heavy (non-hydrogen) atoms. The lowest BCUT2D eigenvalue weighted by molar-refractivity contribution is -0.136. The zero-order valence-corrected chi connectivity index (χ0v) is 11.8. The second-order valence-electron chi connectivity index (χ2n) is 4.18. The van der Waals surface area contributed by atoms with Crippen LogP contribution < -0.4 is 10.6 Å². The first kappa shape index (κ1) is 15.4. The minimum Gasteiger partial charge on any atom is -0.481 e. The molecule has 1 atom stereocenters. The molecule has 1 aromatic rings. The minimum atomic E-state index is -0.926. The van der Waals surface area contributed by atoms with Crippen LogP contribution in [0, 0.1) is 0 Å². The maximum absolute atomic E-state index is 11.8. The second kappa shape index (κ2) is 7.68. The molecule has 6 heteroatoms. The quantitative estimate of drug-likeness (QED) is 0.747. The van der Waals surface area contributed by atoms with Gasteiger partial charge in [-0.25, -0.2) is 4.79 Å². The van der Waals surface area contributed by atoms with E-state index in [9.17, 15) is 9.59 Å². The maximum Gasteiger partial charge on any atom is 0.319 e. The Morgan fingerprint density at radius 3 is 2.68 bits per heavy atom. The number of aliphatic carboxylic acids is 1. The summed E-state index contributed by atoms with van der Waals surface area (Å²) in [4.78, 5) is 22.5. The molecule has 0 saturated carbocycles. The van der Waals surface area contributed by atoms with E-state index in [4.69, 9.17) is 5.11 Å². The number of benzene rings is 1. The standard InChI is InChI=1S/C13H18N2O3S/c1-9(8-19-2)14-13(18)15-11-6-4-3-5-10(11)7-12(16)17/h3-6,9H,7-8H2,1-2H3,(H,16,17)(H2,14,15,18). The Morgan fingerprint density at radius 2 is 2.05 bits per heavy atom. The fourth-order valence-corrected chi connectivity index (χ4v) is 2.22. The summed E-state index contributed by atoms with van der Waals surface area (Å²) in [6, 6.07) is 6.62. The van der Waals surface area contributed by atoms with Crippen LogP contribution in [0.2, 0.25) is 0 Å². The molecule has 0 radical (unpaired) electrons. The Balaban J connectivity index is 2.65. The van der Waals surface area contributed by atoms with Crippen LogP contribution in [-0.4, -0.2) is 35.2 Å². The molecule has 0 bridgehead atoms. The average molecular weight is 282 g/mol. The molecule has 2 amide bonds. The molecule has 104 valence electrons. The van der Waals surface area contributed by atoms with Gasteiger partial charge < -0.3 is 15.7 Å². The van der Waals surface area contributed by atoms with Gasteiger partial charge >= 0.3 is 12.0 Å². The Hall–Kier alpha value is -1.69. The molecule has 5 nitrogen and oxygen atoms in total. The number of carbonyl (C=O) groups excluding carboxylic acids is 1. The van der Waals surface area contributed by atoms with Gasteiger partial charge in [-0.05, 0) is 24.8 Å². The van der Waals surface area contributed by atoms with Crippen molar-refractivity contribution in [3.63, 3.8) is 0 Å². The number of carboxylic acid groups (broad SMARTS) is 1. The van der Waals surface area contributed by atoms with Crippen LogP contribution >= 0.6 is 11.8 Å². The van der Waals surface area contributed by atoms with Crippen LogP contribution in [0.15, 0.2) is 24.3 Å². The summed E-state index contributed by atoms with van der Waals surface area (Å²) >= 11 is 1.65. The molecular formula is C13H18N2O3S. The van der Waals surface area contributed by atoms with Crippen LogP contribution in [-0.2, 0) is 11.2 Å². The van der Waals surface area contributed by atoms with Gasteiger partial charge in [0.25, 0.3) is 0 Å². The number of nitrogens with one attached hydrogen (secondary N) is 2. The number of anilines is 1. The first-order chi connectivity index (χ1) is 9.02. The molecule has 0 fully saturated rings. The lowest BCUT2D eigenvalue weighted by atomic mass is 10.1. The van der Waals surface area contributed by atoms with E-state index in [1.807, 2.05) is 13.2 Å². The van der Waals surface area contributed by atoms with E-state index in [2.05, 4.69) is 10.6 Å². The largest absolute Gasteiger partial charge is 0.481 e. The summed E-state index contributed by atoms with van der Waals surface area (Å²) in [6.45, 7) is 1.92. The van der Waals surface area contributed by atoms with Crippen molar-refractivity contribution in [3.05, 3.63) is 29.8 Å². The van der Waals surface area contributed by atoms with Crippen LogP contribution in [0.3, 0.4) is 0 Å². The Bertz CT molecular complexity index is 451. The van der Waals surface area contributed by atoms with Gasteiger partial charge in [0.05, 0.1) is 6.42 Å². The highest BCUT2D eigenvalue weighted by Crippen LogP contribution is 2.15. The molecule has 0 aliphatic rings. The Kier molecular flexibility index (Phi) is 6.21. The van der Waals surface area contributed by atoms with Gasteiger partial charge in [-0.3, -0.25) is 4.79 Å². The lowest BCUT2D eigenvalue weighted by Crippen LogP contribution is -2.37. The highest BCUT2D eigenvalue weighted by atomic mass is 32.2. The first-order valence-corrected chi connectivity index (χ1v) is 7.28. The maximum atomic E-state index is 11.8. The number of thioether (sulfide) groups is 1. The van der Waals surface area contributed by atoms with E-state index >= 15 is 0 Å². The Labute approximate surface area is 116 Å². The van der Waals surface area contributed by atoms with Crippen molar-refractivity contribution in [2.75, 3.05) is 17.3 Å². The third-order valence-corrected chi connectivity index (χ3v) is 3.23. The second-order valence-corrected chi connectivity index (χ2v) is 5.09.